The number of nitrogens with zero attached hydrogens (tertiary/aromatic N) is 6. The molecule has 0 atom stereocenters. The van der Waals surface area contributed by atoms with Crippen LogP contribution in [0.15, 0.2) is 36.7 Å². The molecular formula is C19H20N6. The molecule has 0 N–H and O–H groups in total. The first-order valence-electron chi connectivity index (χ1n) is 7.83. The predicted octanol–water partition coefficient (Wildman–Crippen LogP) is 2.41. The Morgan fingerprint density at radius 2 is 1.76 bits per heavy atom. The van der Waals surface area contributed by atoms with Crippen molar-refractivity contribution >= 4 is 17.5 Å². The van der Waals surface area contributed by atoms with E-state index in [9.17, 15) is 5.26 Å². The van der Waals surface area contributed by atoms with Crippen LogP contribution in [0.3, 0.4) is 0 Å². The van der Waals surface area contributed by atoms with E-state index in [0.29, 0.717) is 16.8 Å². The Hall–Kier alpha value is -3.22. The Morgan fingerprint density at radius 3 is 2.28 bits per heavy atom. The minimum Gasteiger partial charge on any atom is -0.357 e. The van der Waals surface area contributed by atoms with Crippen LogP contribution >= 0.6 is 0 Å². The normalized spacial score (nSPS) is 11.0. The Bertz CT molecular complexity index is 807. The van der Waals surface area contributed by atoms with Gasteiger partial charge in [0.1, 0.15) is 5.82 Å². The van der Waals surface area contributed by atoms with E-state index in [2.05, 4.69) is 27.0 Å². The second kappa shape index (κ2) is 8.58. The highest BCUT2D eigenvalue weighted by molar-refractivity contribution is 5.88. The van der Waals surface area contributed by atoms with E-state index in [4.69, 9.17) is 5.26 Å². The van der Waals surface area contributed by atoms with Gasteiger partial charge < -0.3 is 9.80 Å². The lowest BCUT2D eigenvalue weighted by molar-refractivity contribution is 0.416. The molecule has 0 bridgehead atoms. The number of hydrogen-bond donors (Lipinski definition) is 0. The highest BCUT2D eigenvalue weighted by atomic mass is 15.2. The summed E-state index contributed by atoms with van der Waals surface area (Å²) in [4.78, 5) is 12.9. The van der Waals surface area contributed by atoms with Gasteiger partial charge in [-0.1, -0.05) is 12.1 Å². The average Bonchev–Trinajstić information content (AvgIpc) is 2.64. The summed E-state index contributed by atoms with van der Waals surface area (Å²) in [5.74, 6) is 0.788. The number of allylic oxidation sites excluding steroid dienone is 1. The molecule has 0 saturated carbocycles. The minimum atomic E-state index is 0.479. The van der Waals surface area contributed by atoms with Gasteiger partial charge in [-0.15, -0.1) is 0 Å². The minimum absolute atomic E-state index is 0.479. The van der Waals surface area contributed by atoms with Crippen molar-refractivity contribution in [2.24, 2.45) is 0 Å². The number of likely N-dealkylation sites (N-methyl/N-ethyl adjacent to an activating group) is 2. The standard InChI is InChI=1S/C19H20N6/c1-24(2)8-9-25(3)19-14-22-18(13-23-19)10-17(12-21)16-6-4-15(11-20)5-7-16/h4-7,10,13-14H,8-9H2,1-3H3/b17-10+. The summed E-state index contributed by atoms with van der Waals surface area (Å²) in [5, 5.41) is 18.2. The third kappa shape index (κ3) is 5.13. The second-order valence-corrected chi connectivity index (χ2v) is 5.88. The molecule has 2 rings (SSSR count). The molecule has 0 fully saturated rings. The smallest absolute Gasteiger partial charge is 0.146 e. The third-order valence-electron chi connectivity index (χ3n) is 3.67. The van der Waals surface area contributed by atoms with Gasteiger partial charge in [-0.25, -0.2) is 4.98 Å². The molecule has 0 saturated heterocycles. The molecule has 0 unspecified atom stereocenters. The Morgan fingerprint density at radius 1 is 1.04 bits per heavy atom. The summed E-state index contributed by atoms with van der Waals surface area (Å²) in [6.45, 7) is 1.78. The molecule has 6 nitrogen and oxygen atoms in total. The van der Waals surface area contributed by atoms with Crippen molar-refractivity contribution in [3.8, 4) is 12.1 Å². The van der Waals surface area contributed by atoms with Crippen molar-refractivity contribution in [2.45, 2.75) is 0 Å². The quantitative estimate of drug-likeness (QED) is 0.756. The molecule has 0 aliphatic rings. The van der Waals surface area contributed by atoms with Gasteiger partial charge in [0.2, 0.25) is 0 Å². The summed E-state index contributed by atoms with van der Waals surface area (Å²) >= 11 is 0. The van der Waals surface area contributed by atoms with E-state index in [-0.39, 0.29) is 0 Å². The molecule has 0 aliphatic carbocycles. The molecule has 1 aromatic carbocycles. The lowest BCUT2D eigenvalue weighted by atomic mass is 10.0. The van der Waals surface area contributed by atoms with Gasteiger partial charge >= 0.3 is 0 Å². The van der Waals surface area contributed by atoms with Crippen molar-refractivity contribution in [3.63, 3.8) is 0 Å². The number of hydrogen-bond acceptors (Lipinski definition) is 6. The summed E-state index contributed by atoms with van der Waals surface area (Å²) in [6.07, 6.45) is 5.05. The molecule has 126 valence electrons. The van der Waals surface area contributed by atoms with Crippen molar-refractivity contribution < 1.29 is 0 Å². The molecule has 1 heterocycles. The fourth-order valence-corrected chi connectivity index (χ4v) is 2.12. The summed E-state index contributed by atoms with van der Waals surface area (Å²) < 4.78 is 0. The largest absolute Gasteiger partial charge is 0.357 e. The van der Waals surface area contributed by atoms with E-state index in [0.717, 1.165) is 24.5 Å². The summed E-state index contributed by atoms with van der Waals surface area (Å²) in [6, 6.07) is 11.1. The molecule has 2 aromatic rings. The first kappa shape index (κ1) is 18.1. The third-order valence-corrected chi connectivity index (χ3v) is 3.67. The van der Waals surface area contributed by atoms with Crippen LogP contribution in [0, 0.1) is 22.7 Å². The lowest BCUT2D eigenvalue weighted by Gasteiger charge is -2.20. The first-order chi connectivity index (χ1) is 12.0. The van der Waals surface area contributed by atoms with Gasteiger partial charge in [0, 0.05) is 20.1 Å². The summed E-state index contributed by atoms with van der Waals surface area (Å²) in [7, 11) is 6.03. The van der Waals surface area contributed by atoms with Crippen LogP contribution < -0.4 is 4.90 Å². The topological polar surface area (TPSA) is 79.8 Å². The van der Waals surface area contributed by atoms with Crippen molar-refractivity contribution in [1.29, 1.82) is 10.5 Å². The zero-order valence-corrected chi connectivity index (χ0v) is 14.6. The van der Waals surface area contributed by atoms with Gasteiger partial charge in [-0.05, 0) is 37.9 Å². The maximum atomic E-state index is 9.39. The van der Waals surface area contributed by atoms with Gasteiger partial charge in [0.05, 0.1) is 41.4 Å². The highest BCUT2D eigenvalue weighted by Crippen LogP contribution is 2.18. The fourth-order valence-electron chi connectivity index (χ4n) is 2.12. The van der Waals surface area contributed by atoms with Crippen LogP contribution in [-0.2, 0) is 0 Å². The van der Waals surface area contributed by atoms with Crippen molar-refractivity contribution in [2.75, 3.05) is 39.1 Å². The molecule has 25 heavy (non-hydrogen) atoms. The Kier molecular flexibility index (Phi) is 6.22. The monoisotopic (exact) mass is 332 g/mol. The predicted molar refractivity (Wildman–Crippen MR) is 98.5 cm³/mol. The van der Waals surface area contributed by atoms with Gasteiger partial charge in [0.25, 0.3) is 0 Å². The molecule has 1 aromatic heterocycles. The van der Waals surface area contributed by atoms with Crippen molar-refractivity contribution in [1.82, 2.24) is 14.9 Å². The SMILES string of the molecule is CN(C)CCN(C)c1cnc(/C=C(\C#N)c2ccc(C#N)cc2)cn1. The van der Waals surface area contributed by atoms with Crippen LogP contribution in [0.1, 0.15) is 16.8 Å². The first-order valence-corrected chi connectivity index (χ1v) is 7.83. The number of benzene rings is 1. The average molecular weight is 332 g/mol. The van der Waals surface area contributed by atoms with E-state index in [1.165, 1.54) is 0 Å². The maximum Gasteiger partial charge on any atom is 0.146 e. The van der Waals surface area contributed by atoms with Crippen molar-refractivity contribution in [3.05, 3.63) is 53.5 Å². The molecule has 0 aliphatic heterocycles. The van der Waals surface area contributed by atoms with E-state index < -0.39 is 0 Å². The van der Waals surface area contributed by atoms with E-state index in [1.54, 1.807) is 42.7 Å². The molecule has 0 spiro atoms. The fraction of sp³-hybridized carbons (Fsp3) is 0.263. The van der Waals surface area contributed by atoms with Crippen LogP contribution in [0.4, 0.5) is 5.82 Å². The lowest BCUT2D eigenvalue weighted by Crippen LogP contribution is -2.29. The van der Waals surface area contributed by atoms with Crippen LogP contribution in [0.5, 0.6) is 0 Å². The molecular weight excluding hydrogens is 312 g/mol. The molecule has 0 amide bonds. The zero-order chi connectivity index (χ0) is 18.2. The molecule has 0 radical (unpaired) electrons. The van der Waals surface area contributed by atoms with Gasteiger partial charge in [-0.2, -0.15) is 10.5 Å². The second-order valence-electron chi connectivity index (χ2n) is 5.88. The summed E-state index contributed by atoms with van der Waals surface area (Å²) in [5.41, 5.74) is 2.40. The number of rotatable bonds is 6. The van der Waals surface area contributed by atoms with Crippen LogP contribution in [-0.4, -0.2) is 49.1 Å². The Labute approximate surface area is 148 Å². The number of nitriles is 2. The van der Waals surface area contributed by atoms with Gasteiger partial charge in [0.15, 0.2) is 0 Å². The number of anilines is 1. The van der Waals surface area contributed by atoms with Crippen LogP contribution in [0.25, 0.3) is 11.6 Å². The van der Waals surface area contributed by atoms with Gasteiger partial charge in [-0.3, -0.25) is 4.98 Å². The number of aromatic nitrogens is 2. The van der Waals surface area contributed by atoms with E-state index in [1.807, 2.05) is 26.0 Å². The zero-order valence-electron chi connectivity index (χ0n) is 14.6. The van der Waals surface area contributed by atoms with Crippen LogP contribution in [0.2, 0.25) is 0 Å². The Balaban J connectivity index is 2.16. The molecule has 6 heteroatoms. The van der Waals surface area contributed by atoms with E-state index >= 15 is 0 Å². The highest BCUT2D eigenvalue weighted by Gasteiger charge is 2.05. The maximum absolute atomic E-state index is 9.39.